The van der Waals surface area contributed by atoms with Crippen molar-refractivity contribution in [3.05, 3.63) is 23.5 Å². The first-order valence-electron chi connectivity index (χ1n) is 6.49. The van der Waals surface area contributed by atoms with Gasteiger partial charge >= 0.3 is 6.03 Å². The summed E-state index contributed by atoms with van der Waals surface area (Å²) in [6.45, 7) is 0.118. The summed E-state index contributed by atoms with van der Waals surface area (Å²) < 4.78 is 0. The number of amides is 2. The van der Waals surface area contributed by atoms with Crippen LogP contribution in [-0.2, 0) is 0 Å². The molecule has 1 aliphatic rings. The number of rotatable bonds is 3. The van der Waals surface area contributed by atoms with E-state index in [-0.39, 0.29) is 24.6 Å². The smallest absolute Gasteiger partial charge is 0.319 e. The molecular weight excluding hydrogens is 266 g/mol. The van der Waals surface area contributed by atoms with Crippen molar-refractivity contribution in [2.24, 2.45) is 5.92 Å². The molecule has 0 spiro atoms. The van der Waals surface area contributed by atoms with E-state index in [4.69, 9.17) is 11.6 Å². The van der Waals surface area contributed by atoms with Crippen LogP contribution in [0.1, 0.15) is 25.7 Å². The Labute approximate surface area is 117 Å². The molecule has 1 heterocycles. The molecule has 1 aromatic heterocycles. The number of hydrogen-bond donors (Lipinski definition) is 3. The first kappa shape index (κ1) is 14.1. The predicted molar refractivity (Wildman–Crippen MR) is 74.2 cm³/mol. The van der Waals surface area contributed by atoms with Crippen molar-refractivity contribution in [2.45, 2.75) is 31.7 Å². The molecule has 2 amide bonds. The molecule has 104 valence electrons. The molecule has 3 N–H and O–H groups in total. The number of pyridine rings is 1. The highest BCUT2D eigenvalue weighted by molar-refractivity contribution is 6.29. The highest BCUT2D eigenvalue weighted by Gasteiger charge is 2.25. The molecule has 5 nitrogen and oxygen atoms in total. The molecule has 2 unspecified atom stereocenters. The van der Waals surface area contributed by atoms with Gasteiger partial charge in [0.2, 0.25) is 0 Å². The minimum Gasteiger partial charge on any atom is -0.396 e. The van der Waals surface area contributed by atoms with Crippen LogP contribution >= 0.6 is 11.6 Å². The molecule has 0 bridgehead atoms. The largest absolute Gasteiger partial charge is 0.396 e. The van der Waals surface area contributed by atoms with Gasteiger partial charge in [0.05, 0.1) is 11.9 Å². The third-order valence-corrected chi connectivity index (χ3v) is 3.67. The van der Waals surface area contributed by atoms with Gasteiger partial charge in [-0.2, -0.15) is 0 Å². The third kappa shape index (κ3) is 4.08. The van der Waals surface area contributed by atoms with E-state index in [1.807, 2.05) is 0 Å². The molecule has 19 heavy (non-hydrogen) atoms. The fourth-order valence-electron chi connectivity index (χ4n) is 2.40. The van der Waals surface area contributed by atoms with Crippen LogP contribution in [0.15, 0.2) is 18.3 Å². The molecule has 2 atom stereocenters. The average Bonchev–Trinajstić information content (AvgIpc) is 2.42. The second kappa shape index (κ2) is 6.73. The van der Waals surface area contributed by atoms with E-state index in [1.54, 1.807) is 12.1 Å². The Balaban J connectivity index is 1.88. The number of aliphatic hydroxyl groups excluding tert-OH is 1. The van der Waals surface area contributed by atoms with Crippen LogP contribution < -0.4 is 10.6 Å². The van der Waals surface area contributed by atoms with Gasteiger partial charge in [-0.05, 0) is 25.0 Å². The van der Waals surface area contributed by atoms with Crippen LogP contribution in [0.2, 0.25) is 5.15 Å². The van der Waals surface area contributed by atoms with Crippen LogP contribution in [0, 0.1) is 5.92 Å². The number of halogens is 1. The van der Waals surface area contributed by atoms with E-state index in [1.165, 1.54) is 6.20 Å². The fourth-order valence-corrected chi connectivity index (χ4v) is 2.51. The minimum atomic E-state index is -0.269. The summed E-state index contributed by atoms with van der Waals surface area (Å²) in [7, 11) is 0. The Kier molecular flexibility index (Phi) is 4.99. The predicted octanol–water partition coefficient (Wildman–Crippen LogP) is 2.41. The van der Waals surface area contributed by atoms with Gasteiger partial charge in [-0.25, -0.2) is 9.78 Å². The van der Waals surface area contributed by atoms with E-state index >= 15 is 0 Å². The zero-order chi connectivity index (χ0) is 13.7. The number of aliphatic hydroxyl groups is 1. The summed E-state index contributed by atoms with van der Waals surface area (Å²) in [5.41, 5.74) is 0.596. The zero-order valence-electron chi connectivity index (χ0n) is 10.6. The van der Waals surface area contributed by atoms with E-state index in [2.05, 4.69) is 15.6 Å². The topological polar surface area (TPSA) is 74.2 Å². The Morgan fingerprint density at radius 2 is 2.21 bits per heavy atom. The molecular formula is C13H18ClN3O2. The van der Waals surface area contributed by atoms with Crippen molar-refractivity contribution < 1.29 is 9.90 Å². The summed E-state index contributed by atoms with van der Waals surface area (Å²) in [6, 6.07) is 3.08. The number of carbonyl (C=O) groups is 1. The molecule has 1 fully saturated rings. The molecule has 6 heteroatoms. The minimum absolute atomic E-state index is 0.0407. The number of nitrogens with zero attached hydrogens (tertiary/aromatic N) is 1. The van der Waals surface area contributed by atoms with Gasteiger partial charge in [0.15, 0.2) is 0 Å². The van der Waals surface area contributed by atoms with Crippen molar-refractivity contribution in [2.75, 3.05) is 11.9 Å². The van der Waals surface area contributed by atoms with Crippen LogP contribution in [-0.4, -0.2) is 28.8 Å². The molecule has 1 saturated carbocycles. The number of anilines is 1. The molecule has 2 rings (SSSR count). The molecule has 0 aliphatic heterocycles. The van der Waals surface area contributed by atoms with Crippen LogP contribution in [0.5, 0.6) is 0 Å². The van der Waals surface area contributed by atoms with Crippen molar-refractivity contribution in [1.29, 1.82) is 0 Å². The SMILES string of the molecule is O=C(Nc1ccc(Cl)nc1)NC1CCCCC1CO. The van der Waals surface area contributed by atoms with Gasteiger partial charge < -0.3 is 15.7 Å². The number of nitrogens with one attached hydrogen (secondary N) is 2. The standard InChI is InChI=1S/C13H18ClN3O2/c14-12-6-5-10(7-15-12)16-13(19)17-11-4-2-1-3-9(11)8-18/h5-7,9,11,18H,1-4,8H2,(H2,16,17,19). The maximum absolute atomic E-state index is 11.9. The molecule has 0 radical (unpaired) electrons. The van der Waals surface area contributed by atoms with Gasteiger partial charge in [0.25, 0.3) is 0 Å². The van der Waals surface area contributed by atoms with Crippen LogP contribution in [0.3, 0.4) is 0 Å². The second-order valence-electron chi connectivity index (χ2n) is 4.80. The summed E-state index contributed by atoms with van der Waals surface area (Å²) in [5, 5.41) is 15.3. The van der Waals surface area contributed by atoms with E-state index in [0.717, 1.165) is 25.7 Å². The number of urea groups is 1. The van der Waals surface area contributed by atoms with Crippen LogP contribution in [0.25, 0.3) is 0 Å². The monoisotopic (exact) mass is 283 g/mol. The Morgan fingerprint density at radius 3 is 2.89 bits per heavy atom. The average molecular weight is 284 g/mol. The van der Waals surface area contributed by atoms with E-state index in [9.17, 15) is 9.90 Å². The lowest BCUT2D eigenvalue weighted by molar-refractivity contribution is 0.156. The summed E-state index contributed by atoms with van der Waals surface area (Å²) in [5.74, 6) is 0.155. The van der Waals surface area contributed by atoms with Gasteiger partial charge in [0, 0.05) is 18.6 Å². The number of aromatic nitrogens is 1. The first-order chi connectivity index (χ1) is 9.19. The normalized spacial score (nSPS) is 22.8. The van der Waals surface area contributed by atoms with Crippen LogP contribution in [0.4, 0.5) is 10.5 Å². The Hall–Kier alpha value is -1.33. The molecule has 0 aromatic carbocycles. The maximum Gasteiger partial charge on any atom is 0.319 e. The maximum atomic E-state index is 11.9. The van der Waals surface area contributed by atoms with Crippen molar-refractivity contribution in [3.63, 3.8) is 0 Å². The van der Waals surface area contributed by atoms with Gasteiger partial charge in [-0.15, -0.1) is 0 Å². The van der Waals surface area contributed by atoms with Crippen molar-refractivity contribution in [1.82, 2.24) is 10.3 Å². The second-order valence-corrected chi connectivity index (χ2v) is 5.19. The zero-order valence-corrected chi connectivity index (χ0v) is 11.4. The Bertz CT molecular complexity index is 424. The van der Waals surface area contributed by atoms with E-state index in [0.29, 0.717) is 10.8 Å². The lowest BCUT2D eigenvalue weighted by atomic mass is 9.85. The third-order valence-electron chi connectivity index (χ3n) is 3.45. The molecule has 1 aromatic rings. The first-order valence-corrected chi connectivity index (χ1v) is 6.87. The quantitative estimate of drug-likeness (QED) is 0.746. The summed E-state index contributed by atoms with van der Waals surface area (Å²) >= 11 is 5.67. The van der Waals surface area contributed by atoms with Gasteiger partial charge in [0.1, 0.15) is 5.15 Å². The molecule has 0 saturated heterocycles. The summed E-state index contributed by atoms with van der Waals surface area (Å²) in [4.78, 5) is 15.8. The van der Waals surface area contributed by atoms with Gasteiger partial charge in [-0.1, -0.05) is 24.4 Å². The van der Waals surface area contributed by atoms with Gasteiger partial charge in [-0.3, -0.25) is 0 Å². The Morgan fingerprint density at radius 1 is 1.42 bits per heavy atom. The van der Waals surface area contributed by atoms with Crippen molar-refractivity contribution in [3.8, 4) is 0 Å². The van der Waals surface area contributed by atoms with Crippen molar-refractivity contribution >= 4 is 23.3 Å². The number of carbonyl (C=O) groups excluding carboxylic acids is 1. The highest BCUT2D eigenvalue weighted by Crippen LogP contribution is 2.24. The highest BCUT2D eigenvalue weighted by atomic mass is 35.5. The fraction of sp³-hybridized carbons (Fsp3) is 0.538. The lowest BCUT2D eigenvalue weighted by Crippen LogP contribution is -2.45. The number of hydrogen-bond acceptors (Lipinski definition) is 3. The van der Waals surface area contributed by atoms with E-state index < -0.39 is 0 Å². The lowest BCUT2D eigenvalue weighted by Gasteiger charge is -2.30. The molecule has 1 aliphatic carbocycles. The summed E-state index contributed by atoms with van der Waals surface area (Å²) in [6.07, 6.45) is 5.59.